The van der Waals surface area contributed by atoms with Crippen molar-refractivity contribution in [1.82, 2.24) is 20.9 Å². The molecule has 1 spiro atoms. The number of carbonyl (C=O) groups excluding carboxylic acids is 5. The van der Waals surface area contributed by atoms with Gasteiger partial charge in [-0.2, -0.15) is 0 Å². The van der Waals surface area contributed by atoms with Crippen LogP contribution < -0.4 is 16.0 Å². The predicted molar refractivity (Wildman–Crippen MR) is 79.6 cm³/mol. The maximum atomic E-state index is 12.3. The molecule has 3 N–H and O–H groups in total. The zero-order valence-electron chi connectivity index (χ0n) is 13.3. The highest BCUT2D eigenvalue weighted by Crippen LogP contribution is 2.34. The smallest absolute Gasteiger partial charge is 0.326 e. The van der Waals surface area contributed by atoms with Gasteiger partial charge in [-0.25, -0.2) is 9.59 Å². The number of esters is 1. The second-order valence-corrected chi connectivity index (χ2v) is 5.68. The molecule has 2 aliphatic rings. The molecule has 132 valence electrons. The highest BCUT2D eigenvalue weighted by atomic mass is 16.5. The fraction of sp³-hybridized carbons (Fsp3) is 0.643. The van der Waals surface area contributed by atoms with Crippen LogP contribution in [0.1, 0.15) is 32.6 Å². The van der Waals surface area contributed by atoms with Crippen molar-refractivity contribution in [2.45, 2.75) is 38.1 Å². The van der Waals surface area contributed by atoms with E-state index in [4.69, 9.17) is 0 Å². The number of hydrogen-bond donors (Lipinski definition) is 3. The molecular weight excluding hydrogens is 320 g/mol. The minimum atomic E-state index is -0.903. The first kappa shape index (κ1) is 17.7. The standard InChI is InChI=1S/C14H20N4O6/c1-2-15-12(22)16-9(19)8-24-10(20)7-18-11(21)14(17-13(18)23)5-3-4-6-14/h2-8H2,1H3,(H,17,23)(H2,15,16,19,22). The average Bonchev–Trinajstić information content (AvgIpc) is 3.07. The normalized spacial score (nSPS) is 18.5. The highest BCUT2D eigenvalue weighted by Gasteiger charge is 2.52. The lowest BCUT2D eigenvalue weighted by atomic mass is 9.98. The first-order valence-corrected chi connectivity index (χ1v) is 7.75. The van der Waals surface area contributed by atoms with Crippen molar-refractivity contribution >= 4 is 29.8 Å². The predicted octanol–water partition coefficient (Wildman–Crippen LogP) is -0.760. The van der Waals surface area contributed by atoms with E-state index in [1.165, 1.54) is 0 Å². The summed E-state index contributed by atoms with van der Waals surface area (Å²) in [5, 5.41) is 6.94. The molecule has 0 unspecified atom stereocenters. The summed E-state index contributed by atoms with van der Waals surface area (Å²) in [5.41, 5.74) is -0.896. The van der Waals surface area contributed by atoms with E-state index in [0.717, 1.165) is 17.7 Å². The van der Waals surface area contributed by atoms with Crippen LogP contribution in [0.3, 0.4) is 0 Å². The zero-order chi connectivity index (χ0) is 17.7. The van der Waals surface area contributed by atoms with Crippen molar-refractivity contribution in [1.29, 1.82) is 0 Å². The lowest BCUT2D eigenvalue weighted by molar-refractivity contribution is -0.150. The third-order valence-corrected chi connectivity index (χ3v) is 3.94. The highest BCUT2D eigenvalue weighted by molar-refractivity contribution is 6.09. The Labute approximate surface area is 138 Å². The van der Waals surface area contributed by atoms with E-state index >= 15 is 0 Å². The Hall–Kier alpha value is -2.65. The fourth-order valence-corrected chi connectivity index (χ4v) is 2.83. The number of nitrogens with one attached hydrogen (secondary N) is 3. The molecule has 0 aromatic carbocycles. The lowest BCUT2D eigenvalue weighted by Crippen LogP contribution is -2.45. The van der Waals surface area contributed by atoms with E-state index in [2.05, 4.69) is 15.4 Å². The van der Waals surface area contributed by atoms with E-state index < -0.39 is 48.5 Å². The third-order valence-electron chi connectivity index (χ3n) is 3.94. The minimum absolute atomic E-state index is 0.340. The van der Waals surface area contributed by atoms with E-state index in [9.17, 15) is 24.0 Å². The first-order valence-electron chi connectivity index (χ1n) is 7.75. The first-order chi connectivity index (χ1) is 11.4. The van der Waals surface area contributed by atoms with Crippen molar-refractivity contribution in [3.05, 3.63) is 0 Å². The molecule has 0 atom stereocenters. The fourth-order valence-electron chi connectivity index (χ4n) is 2.83. The van der Waals surface area contributed by atoms with Gasteiger partial charge in [0.2, 0.25) is 0 Å². The van der Waals surface area contributed by atoms with Gasteiger partial charge in [0.1, 0.15) is 12.1 Å². The Balaban J connectivity index is 1.80. The van der Waals surface area contributed by atoms with Crippen LogP contribution in [0.4, 0.5) is 9.59 Å². The molecule has 2 rings (SSSR count). The van der Waals surface area contributed by atoms with Gasteiger partial charge in [-0.1, -0.05) is 12.8 Å². The quantitative estimate of drug-likeness (QED) is 0.445. The number of nitrogens with zero attached hydrogens (tertiary/aromatic N) is 1. The number of ether oxygens (including phenoxy) is 1. The van der Waals surface area contributed by atoms with E-state index in [1.54, 1.807) is 6.92 Å². The van der Waals surface area contributed by atoms with Crippen molar-refractivity contribution in [3.8, 4) is 0 Å². The molecule has 0 radical (unpaired) electrons. The monoisotopic (exact) mass is 340 g/mol. The summed E-state index contributed by atoms with van der Waals surface area (Å²) in [6.07, 6.45) is 2.78. The van der Waals surface area contributed by atoms with Gasteiger partial charge in [0.05, 0.1) is 0 Å². The molecular formula is C14H20N4O6. The minimum Gasteiger partial charge on any atom is -0.454 e. The maximum absolute atomic E-state index is 12.3. The average molecular weight is 340 g/mol. The van der Waals surface area contributed by atoms with Crippen LogP contribution >= 0.6 is 0 Å². The molecule has 1 heterocycles. The summed E-state index contributed by atoms with van der Waals surface area (Å²) in [6.45, 7) is 0.776. The Morgan fingerprint density at radius 2 is 1.92 bits per heavy atom. The number of rotatable bonds is 5. The Kier molecular flexibility index (Phi) is 5.37. The number of urea groups is 2. The number of amides is 6. The van der Waals surface area contributed by atoms with Gasteiger partial charge in [0, 0.05) is 6.54 Å². The number of imide groups is 2. The lowest BCUT2D eigenvalue weighted by Gasteiger charge is -2.19. The second kappa shape index (κ2) is 7.28. The molecule has 1 saturated heterocycles. The van der Waals surface area contributed by atoms with E-state index in [-0.39, 0.29) is 0 Å². The van der Waals surface area contributed by atoms with Gasteiger partial charge >= 0.3 is 18.0 Å². The van der Waals surface area contributed by atoms with Gasteiger partial charge in [0.25, 0.3) is 11.8 Å². The molecule has 10 heteroatoms. The molecule has 10 nitrogen and oxygen atoms in total. The summed E-state index contributed by atoms with van der Waals surface area (Å²) < 4.78 is 4.69. The molecule has 6 amide bonds. The molecule has 0 aromatic heterocycles. The summed E-state index contributed by atoms with van der Waals surface area (Å²) >= 11 is 0. The molecule has 1 saturated carbocycles. The molecule has 1 aliphatic heterocycles. The van der Waals surface area contributed by atoms with Crippen LogP contribution in [-0.4, -0.2) is 60.0 Å². The molecule has 2 fully saturated rings. The van der Waals surface area contributed by atoms with Crippen LogP contribution in [0.2, 0.25) is 0 Å². The number of carbonyl (C=O) groups is 5. The molecule has 1 aliphatic carbocycles. The summed E-state index contributed by atoms with van der Waals surface area (Å²) in [7, 11) is 0. The molecule has 0 bridgehead atoms. The van der Waals surface area contributed by atoms with Gasteiger partial charge in [-0.05, 0) is 19.8 Å². The summed E-state index contributed by atoms with van der Waals surface area (Å²) in [6, 6.07) is -1.33. The van der Waals surface area contributed by atoms with Crippen LogP contribution in [0.15, 0.2) is 0 Å². The third kappa shape index (κ3) is 3.81. The van der Waals surface area contributed by atoms with Crippen molar-refractivity contribution in [2.24, 2.45) is 0 Å². The van der Waals surface area contributed by atoms with Crippen LogP contribution in [0.5, 0.6) is 0 Å². The van der Waals surface area contributed by atoms with Crippen molar-refractivity contribution in [2.75, 3.05) is 19.7 Å². The van der Waals surface area contributed by atoms with Crippen LogP contribution in [0, 0.1) is 0 Å². The van der Waals surface area contributed by atoms with E-state index in [1.807, 2.05) is 5.32 Å². The molecule has 0 aromatic rings. The number of hydrogen-bond acceptors (Lipinski definition) is 6. The summed E-state index contributed by atoms with van der Waals surface area (Å²) in [4.78, 5) is 59.3. The summed E-state index contributed by atoms with van der Waals surface area (Å²) in [5.74, 6) is -2.15. The Morgan fingerprint density at radius 3 is 2.54 bits per heavy atom. The van der Waals surface area contributed by atoms with Crippen LogP contribution in [0.25, 0.3) is 0 Å². The maximum Gasteiger partial charge on any atom is 0.326 e. The van der Waals surface area contributed by atoms with Crippen molar-refractivity contribution in [3.63, 3.8) is 0 Å². The SMILES string of the molecule is CCNC(=O)NC(=O)COC(=O)CN1C(=O)NC2(CCCC2)C1=O. The second-order valence-electron chi connectivity index (χ2n) is 5.68. The van der Waals surface area contributed by atoms with Gasteiger partial charge < -0.3 is 15.4 Å². The zero-order valence-corrected chi connectivity index (χ0v) is 13.3. The van der Waals surface area contributed by atoms with Crippen LogP contribution in [-0.2, 0) is 19.1 Å². The molecule has 24 heavy (non-hydrogen) atoms. The Morgan fingerprint density at radius 1 is 1.25 bits per heavy atom. The van der Waals surface area contributed by atoms with Gasteiger partial charge in [-0.15, -0.1) is 0 Å². The van der Waals surface area contributed by atoms with E-state index in [0.29, 0.717) is 19.4 Å². The largest absolute Gasteiger partial charge is 0.454 e. The van der Waals surface area contributed by atoms with Crippen molar-refractivity contribution < 1.29 is 28.7 Å². The topological polar surface area (TPSA) is 134 Å². The Bertz CT molecular complexity index is 570. The van der Waals surface area contributed by atoms with Gasteiger partial charge in [0.15, 0.2) is 6.61 Å². The van der Waals surface area contributed by atoms with Gasteiger partial charge in [-0.3, -0.25) is 24.6 Å².